The number of amides is 2. The van der Waals surface area contributed by atoms with Gasteiger partial charge in [-0.25, -0.2) is 4.90 Å². The Kier molecular flexibility index (Phi) is 6.63. The molecule has 0 radical (unpaired) electrons. The zero-order chi connectivity index (χ0) is 21.2. The van der Waals surface area contributed by atoms with E-state index in [0.29, 0.717) is 4.90 Å². The van der Waals surface area contributed by atoms with Crippen LogP contribution in [0.25, 0.3) is 0 Å². The largest absolute Gasteiger partial charge is 0.453 e. The molecule has 1 aliphatic rings. The van der Waals surface area contributed by atoms with Gasteiger partial charge in [0.05, 0.1) is 15.7 Å². The number of hydrogen-bond donors (Lipinski definition) is 0. The minimum Gasteiger partial charge on any atom is -0.453 e. The molecular weight excluding hydrogens is 417 g/mol. The third-order valence-electron chi connectivity index (χ3n) is 3.57. The summed E-state index contributed by atoms with van der Waals surface area (Å²) in [5.74, 6) is -4.63. The first-order valence-corrected chi connectivity index (χ1v) is 8.63. The number of nitrogens with zero attached hydrogens (tertiary/aromatic N) is 1. The Morgan fingerprint density at radius 1 is 0.821 bits per heavy atom. The smallest absolute Gasteiger partial charge is 0.303 e. The number of anilines is 1. The molecule has 2 atom stereocenters. The van der Waals surface area contributed by atoms with Crippen molar-refractivity contribution in [1.82, 2.24) is 0 Å². The Hall–Kier alpha value is -2.65. The first-order chi connectivity index (χ1) is 13.0. The van der Waals surface area contributed by atoms with Crippen molar-refractivity contribution in [2.45, 2.75) is 39.1 Å². The van der Waals surface area contributed by atoms with Crippen molar-refractivity contribution in [3.05, 3.63) is 28.2 Å². The van der Waals surface area contributed by atoms with Gasteiger partial charge in [0.1, 0.15) is 0 Å². The number of rotatable bonds is 4. The minimum absolute atomic E-state index is 0.0000194. The van der Waals surface area contributed by atoms with Crippen LogP contribution in [-0.4, -0.2) is 48.0 Å². The lowest BCUT2D eigenvalue weighted by Gasteiger charge is -2.39. The Bertz CT molecular complexity index is 820. The van der Waals surface area contributed by atoms with E-state index < -0.39 is 48.0 Å². The maximum atomic E-state index is 12.9. The van der Waals surface area contributed by atoms with Crippen LogP contribution in [0.1, 0.15) is 20.8 Å². The quantitative estimate of drug-likeness (QED) is 0.401. The Labute approximate surface area is 169 Å². The highest BCUT2D eigenvalue weighted by atomic mass is 35.5. The number of imide groups is 1. The van der Waals surface area contributed by atoms with Crippen molar-refractivity contribution in [1.29, 1.82) is 0 Å². The molecule has 0 unspecified atom stereocenters. The zero-order valence-corrected chi connectivity index (χ0v) is 16.4. The van der Waals surface area contributed by atoms with Gasteiger partial charge in [0.25, 0.3) is 11.8 Å². The number of benzene rings is 1. The summed E-state index contributed by atoms with van der Waals surface area (Å²) in [6, 6.07) is 3.91. The van der Waals surface area contributed by atoms with E-state index >= 15 is 0 Å². The molecule has 0 N–H and O–H groups in total. The normalized spacial score (nSPS) is 20.0. The standard InChI is InChI=1S/C17H15Cl2NO8/c1-7(21)26-13-14(27-8(2)22)16(24)20(17(25)15(13)28-9(3)23)10-4-5-11(18)12(19)6-10/h4-6,13-15H,1-3H3/t14-,15-/m1/s1. The zero-order valence-electron chi connectivity index (χ0n) is 14.9. The fourth-order valence-corrected chi connectivity index (χ4v) is 2.88. The molecule has 150 valence electrons. The van der Waals surface area contributed by atoms with Crippen LogP contribution < -0.4 is 4.90 Å². The van der Waals surface area contributed by atoms with E-state index in [1.165, 1.54) is 18.2 Å². The summed E-state index contributed by atoms with van der Waals surface area (Å²) in [6.07, 6.45) is -5.10. The monoisotopic (exact) mass is 431 g/mol. The van der Waals surface area contributed by atoms with Gasteiger partial charge < -0.3 is 14.2 Å². The molecule has 1 saturated heterocycles. The van der Waals surface area contributed by atoms with Crippen LogP contribution in [0.15, 0.2) is 18.2 Å². The van der Waals surface area contributed by atoms with Gasteiger partial charge in [-0.05, 0) is 18.2 Å². The van der Waals surface area contributed by atoms with Crippen molar-refractivity contribution in [3.63, 3.8) is 0 Å². The lowest BCUT2D eigenvalue weighted by atomic mass is 9.98. The Balaban J connectivity index is 2.57. The molecular formula is C17H15Cl2NO8. The third kappa shape index (κ3) is 4.60. The van der Waals surface area contributed by atoms with Crippen LogP contribution in [0, 0.1) is 0 Å². The summed E-state index contributed by atoms with van der Waals surface area (Å²) in [5.41, 5.74) is -0.0000194. The summed E-state index contributed by atoms with van der Waals surface area (Å²) < 4.78 is 14.9. The average Bonchev–Trinajstić information content (AvgIpc) is 2.57. The maximum Gasteiger partial charge on any atom is 0.303 e. The van der Waals surface area contributed by atoms with Gasteiger partial charge in [0.15, 0.2) is 6.10 Å². The molecule has 0 spiro atoms. The van der Waals surface area contributed by atoms with Crippen molar-refractivity contribution >= 4 is 58.6 Å². The predicted molar refractivity (Wildman–Crippen MR) is 95.6 cm³/mol. The molecule has 11 heteroatoms. The molecule has 0 saturated carbocycles. The van der Waals surface area contributed by atoms with Crippen LogP contribution >= 0.6 is 23.2 Å². The fraction of sp³-hybridized carbons (Fsp3) is 0.353. The van der Waals surface area contributed by atoms with E-state index in [9.17, 15) is 24.0 Å². The molecule has 1 heterocycles. The third-order valence-corrected chi connectivity index (χ3v) is 4.31. The summed E-state index contributed by atoms with van der Waals surface area (Å²) >= 11 is 11.8. The Morgan fingerprint density at radius 3 is 1.68 bits per heavy atom. The molecule has 0 bridgehead atoms. The number of ether oxygens (including phenoxy) is 3. The number of piperidine rings is 1. The molecule has 0 aromatic heterocycles. The first-order valence-electron chi connectivity index (χ1n) is 7.87. The fourth-order valence-electron chi connectivity index (χ4n) is 2.59. The summed E-state index contributed by atoms with van der Waals surface area (Å²) in [7, 11) is 0. The highest BCUT2D eigenvalue weighted by Gasteiger charge is 2.54. The van der Waals surface area contributed by atoms with Gasteiger partial charge in [-0.3, -0.25) is 24.0 Å². The SMILES string of the molecule is CC(=O)OC1[C@@H](OC(C)=O)C(=O)N(c2ccc(Cl)c(Cl)c2)C(=O)[C@@H]1OC(C)=O. The first kappa shape index (κ1) is 21.6. The molecule has 1 aliphatic heterocycles. The molecule has 1 aromatic carbocycles. The van der Waals surface area contributed by atoms with Gasteiger partial charge in [0.2, 0.25) is 12.2 Å². The van der Waals surface area contributed by atoms with Gasteiger partial charge in [-0.2, -0.15) is 0 Å². The van der Waals surface area contributed by atoms with Crippen molar-refractivity contribution in [2.75, 3.05) is 4.90 Å². The van der Waals surface area contributed by atoms with Gasteiger partial charge in [-0.15, -0.1) is 0 Å². The topological polar surface area (TPSA) is 116 Å². The minimum atomic E-state index is -1.72. The van der Waals surface area contributed by atoms with E-state index in [1.54, 1.807) is 0 Å². The molecule has 2 rings (SSSR count). The molecule has 0 aliphatic carbocycles. The van der Waals surface area contributed by atoms with E-state index in [2.05, 4.69) is 0 Å². The van der Waals surface area contributed by atoms with Crippen LogP contribution in [0.5, 0.6) is 0 Å². The number of halogens is 2. The van der Waals surface area contributed by atoms with E-state index in [-0.39, 0.29) is 15.7 Å². The van der Waals surface area contributed by atoms with E-state index in [0.717, 1.165) is 20.8 Å². The van der Waals surface area contributed by atoms with Gasteiger partial charge >= 0.3 is 17.9 Å². The van der Waals surface area contributed by atoms with Crippen molar-refractivity contribution in [2.24, 2.45) is 0 Å². The predicted octanol–water partition coefficient (Wildman–Crippen LogP) is 1.66. The highest BCUT2D eigenvalue weighted by Crippen LogP contribution is 2.32. The van der Waals surface area contributed by atoms with E-state index in [4.69, 9.17) is 37.4 Å². The average molecular weight is 432 g/mol. The highest BCUT2D eigenvalue weighted by molar-refractivity contribution is 6.42. The van der Waals surface area contributed by atoms with Crippen molar-refractivity contribution < 1.29 is 38.2 Å². The summed E-state index contributed by atoms with van der Waals surface area (Å²) in [5, 5.41) is 0.225. The second-order valence-electron chi connectivity index (χ2n) is 5.74. The lowest BCUT2D eigenvalue weighted by molar-refractivity contribution is -0.191. The number of carbonyl (C=O) groups excluding carboxylic acids is 5. The van der Waals surface area contributed by atoms with Crippen LogP contribution in [0.4, 0.5) is 5.69 Å². The second-order valence-corrected chi connectivity index (χ2v) is 6.56. The molecule has 1 fully saturated rings. The van der Waals surface area contributed by atoms with E-state index in [1.807, 2.05) is 0 Å². The second kappa shape index (κ2) is 8.57. The molecule has 1 aromatic rings. The van der Waals surface area contributed by atoms with Gasteiger partial charge in [0, 0.05) is 20.8 Å². The lowest BCUT2D eigenvalue weighted by Crippen LogP contribution is -2.65. The number of carbonyl (C=O) groups is 5. The van der Waals surface area contributed by atoms with Crippen molar-refractivity contribution in [3.8, 4) is 0 Å². The number of hydrogen-bond acceptors (Lipinski definition) is 8. The molecule has 28 heavy (non-hydrogen) atoms. The molecule has 9 nitrogen and oxygen atoms in total. The van der Waals surface area contributed by atoms with Gasteiger partial charge in [-0.1, -0.05) is 23.2 Å². The van der Waals surface area contributed by atoms with Crippen LogP contribution in [0.3, 0.4) is 0 Å². The Morgan fingerprint density at radius 2 is 1.29 bits per heavy atom. The van der Waals surface area contributed by atoms with Crippen LogP contribution in [0.2, 0.25) is 10.0 Å². The number of esters is 3. The van der Waals surface area contributed by atoms with Crippen LogP contribution in [-0.2, 0) is 38.2 Å². The maximum absolute atomic E-state index is 12.9. The summed E-state index contributed by atoms with van der Waals surface area (Å²) in [6.45, 7) is 3.08. The summed E-state index contributed by atoms with van der Waals surface area (Å²) in [4.78, 5) is 60.9. The molecule has 2 amide bonds.